The normalized spacial score (nSPS) is 12.2. The first kappa shape index (κ1) is 13.8. The summed E-state index contributed by atoms with van der Waals surface area (Å²) in [4.78, 5) is 0. The van der Waals surface area contributed by atoms with Crippen molar-refractivity contribution in [3.63, 3.8) is 0 Å². The van der Waals surface area contributed by atoms with Gasteiger partial charge in [-0.3, -0.25) is 0 Å². The topological polar surface area (TPSA) is 44.5 Å². The summed E-state index contributed by atoms with van der Waals surface area (Å²) in [6.07, 6.45) is 3.23. The first-order valence-electron chi connectivity index (χ1n) is 6.33. The van der Waals surface area contributed by atoms with E-state index in [1.807, 2.05) is 38.1 Å². The Morgan fingerprint density at radius 1 is 1.06 bits per heavy atom. The maximum Gasteiger partial charge on any atom is 0.119 e. The van der Waals surface area contributed by atoms with E-state index in [2.05, 4.69) is 0 Å². The zero-order chi connectivity index (χ0) is 12.5. The van der Waals surface area contributed by atoms with Crippen molar-refractivity contribution >= 4 is 0 Å². The highest BCUT2D eigenvalue weighted by atomic mass is 16.5. The molecule has 0 heterocycles. The van der Waals surface area contributed by atoms with Gasteiger partial charge < -0.3 is 15.2 Å². The fourth-order valence-corrected chi connectivity index (χ4v) is 1.56. The van der Waals surface area contributed by atoms with Crippen LogP contribution in [0.5, 0.6) is 11.5 Å². The van der Waals surface area contributed by atoms with Gasteiger partial charge in [-0.1, -0.05) is 0 Å². The van der Waals surface area contributed by atoms with E-state index in [0.717, 1.165) is 37.4 Å². The van der Waals surface area contributed by atoms with Gasteiger partial charge in [0.25, 0.3) is 0 Å². The van der Waals surface area contributed by atoms with E-state index in [1.54, 1.807) is 0 Å². The van der Waals surface area contributed by atoms with Crippen LogP contribution in [0.1, 0.15) is 33.1 Å². The van der Waals surface area contributed by atoms with Gasteiger partial charge in [-0.05, 0) is 57.4 Å². The Balaban J connectivity index is 2.18. The molecule has 0 saturated carbocycles. The number of ether oxygens (including phenoxy) is 2. The minimum Gasteiger partial charge on any atom is -0.494 e. The quantitative estimate of drug-likeness (QED) is 0.707. The Morgan fingerprint density at radius 3 is 2.18 bits per heavy atom. The predicted molar refractivity (Wildman–Crippen MR) is 70.6 cm³/mol. The van der Waals surface area contributed by atoms with Gasteiger partial charge in [0, 0.05) is 6.04 Å². The molecule has 17 heavy (non-hydrogen) atoms. The molecule has 0 spiro atoms. The van der Waals surface area contributed by atoms with Crippen LogP contribution in [0, 0.1) is 0 Å². The van der Waals surface area contributed by atoms with Crippen molar-refractivity contribution in [2.24, 2.45) is 5.73 Å². The van der Waals surface area contributed by atoms with E-state index in [9.17, 15) is 0 Å². The highest BCUT2D eigenvalue weighted by Crippen LogP contribution is 2.17. The Hall–Kier alpha value is -1.22. The van der Waals surface area contributed by atoms with Gasteiger partial charge in [0.1, 0.15) is 11.5 Å². The maximum atomic E-state index is 5.68. The summed E-state index contributed by atoms with van der Waals surface area (Å²) in [5.74, 6) is 1.78. The van der Waals surface area contributed by atoms with Crippen molar-refractivity contribution in [2.75, 3.05) is 13.2 Å². The third-order valence-electron chi connectivity index (χ3n) is 2.46. The lowest BCUT2D eigenvalue weighted by atomic mass is 10.1. The van der Waals surface area contributed by atoms with Gasteiger partial charge in [0.2, 0.25) is 0 Å². The first-order valence-corrected chi connectivity index (χ1v) is 6.33. The lowest BCUT2D eigenvalue weighted by Gasteiger charge is -2.08. The fraction of sp³-hybridized carbons (Fsp3) is 0.571. The molecule has 3 nitrogen and oxygen atoms in total. The van der Waals surface area contributed by atoms with Gasteiger partial charge in [0.15, 0.2) is 0 Å². The molecule has 0 fully saturated rings. The van der Waals surface area contributed by atoms with Gasteiger partial charge in [-0.25, -0.2) is 0 Å². The molecule has 2 N–H and O–H groups in total. The third kappa shape index (κ3) is 6.17. The molecule has 0 saturated heterocycles. The molecule has 3 heteroatoms. The van der Waals surface area contributed by atoms with Crippen LogP contribution in [0.4, 0.5) is 0 Å². The number of hydrogen-bond acceptors (Lipinski definition) is 3. The molecule has 0 aliphatic carbocycles. The molecule has 0 radical (unpaired) electrons. The SMILES string of the molecule is CCOc1ccc(OCCCCC(C)N)cc1. The third-order valence-corrected chi connectivity index (χ3v) is 2.46. The average Bonchev–Trinajstić information content (AvgIpc) is 2.31. The number of benzene rings is 1. The van der Waals surface area contributed by atoms with E-state index in [0.29, 0.717) is 12.6 Å². The molecule has 0 aliphatic heterocycles. The summed E-state index contributed by atoms with van der Waals surface area (Å²) in [5.41, 5.74) is 5.68. The van der Waals surface area contributed by atoms with Crippen LogP contribution in [0.25, 0.3) is 0 Å². The summed E-state index contributed by atoms with van der Waals surface area (Å²) in [7, 11) is 0. The molecule has 1 aromatic carbocycles. The van der Waals surface area contributed by atoms with Crippen LogP contribution in [-0.4, -0.2) is 19.3 Å². The number of unbranched alkanes of at least 4 members (excludes halogenated alkanes) is 1. The number of rotatable bonds is 8. The second kappa shape index (κ2) is 7.96. The van der Waals surface area contributed by atoms with Crippen molar-refractivity contribution in [1.29, 1.82) is 0 Å². The van der Waals surface area contributed by atoms with Crippen molar-refractivity contribution in [2.45, 2.75) is 39.2 Å². The largest absolute Gasteiger partial charge is 0.494 e. The minimum absolute atomic E-state index is 0.292. The monoisotopic (exact) mass is 237 g/mol. The molecule has 0 aromatic heterocycles. The Morgan fingerprint density at radius 2 is 1.65 bits per heavy atom. The predicted octanol–water partition coefficient (Wildman–Crippen LogP) is 2.98. The highest BCUT2D eigenvalue weighted by Gasteiger charge is 1.97. The highest BCUT2D eigenvalue weighted by molar-refractivity contribution is 5.31. The van der Waals surface area contributed by atoms with Crippen molar-refractivity contribution in [3.05, 3.63) is 24.3 Å². The molecule has 0 amide bonds. The summed E-state index contributed by atoms with van der Waals surface area (Å²) in [5, 5.41) is 0. The Kier molecular flexibility index (Phi) is 6.48. The van der Waals surface area contributed by atoms with E-state index >= 15 is 0 Å². The second-order valence-corrected chi connectivity index (χ2v) is 4.23. The summed E-state index contributed by atoms with van der Waals surface area (Å²) >= 11 is 0. The fourth-order valence-electron chi connectivity index (χ4n) is 1.56. The summed E-state index contributed by atoms with van der Waals surface area (Å²) in [6.45, 7) is 5.45. The standard InChI is InChI=1S/C14H23NO2/c1-3-16-13-7-9-14(10-8-13)17-11-5-4-6-12(2)15/h7-10,12H,3-6,11,15H2,1-2H3. The zero-order valence-electron chi connectivity index (χ0n) is 10.8. The molecular weight excluding hydrogens is 214 g/mol. The minimum atomic E-state index is 0.292. The maximum absolute atomic E-state index is 5.68. The lowest BCUT2D eigenvalue weighted by molar-refractivity contribution is 0.302. The van der Waals surface area contributed by atoms with Crippen LogP contribution < -0.4 is 15.2 Å². The van der Waals surface area contributed by atoms with Gasteiger partial charge in [-0.15, -0.1) is 0 Å². The smallest absolute Gasteiger partial charge is 0.119 e. The molecule has 1 aromatic rings. The molecular formula is C14H23NO2. The number of nitrogens with two attached hydrogens (primary N) is 1. The summed E-state index contributed by atoms with van der Waals surface area (Å²) in [6, 6.07) is 8.04. The van der Waals surface area contributed by atoms with E-state index in [-0.39, 0.29) is 0 Å². The average molecular weight is 237 g/mol. The van der Waals surface area contributed by atoms with Crippen LogP contribution in [0.15, 0.2) is 24.3 Å². The van der Waals surface area contributed by atoms with Crippen molar-refractivity contribution in [3.8, 4) is 11.5 Å². The molecule has 96 valence electrons. The molecule has 0 aliphatic rings. The van der Waals surface area contributed by atoms with Crippen LogP contribution in [0.2, 0.25) is 0 Å². The van der Waals surface area contributed by atoms with Gasteiger partial charge in [0.05, 0.1) is 13.2 Å². The Bertz CT molecular complexity index is 296. The van der Waals surface area contributed by atoms with Crippen LogP contribution >= 0.6 is 0 Å². The molecule has 1 atom stereocenters. The molecule has 1 rings (SSSR count). The Labute approximate surface area is 104 Å². The lowest BCUT2D eigenvalue weighted by Crippen LogP contribution is -2.14. The summed E-state index contributed by atoms with van der Waals surface area (Å²) < 4.78 is 11.0. The van der Waals surface area contributed by atoms with Gasteiger partial charge in [-0.2, -0.15) is 0 Å². The van der Waals surface area contributed by atoms with Crippen LogP contribution in [-0.2, 0) is 0 Å². The van der Waals surface area contributed by atoms with Crippen molar-refractivity contribution < 1.29 is 9.47 Å². The first-order chi connectivity index (χ1) is 8.22. The zero-order valence-corrected chi connectivity index (χ0v) is 10.8. The van der Waals surface area contributed by atoms with E-state index < -0.39 is 0 Å². The molecule has 0 bridgehead atoms. The van der Waals surface area contributed by atoms with Crippen LogP contribution in [0.3, 0.4) is 0 Å². The molecule has 1 unspecified atom stereocenters. The van der Waals surface area contributed by atoms with E-state index in [4.69, 9.17) is 15.2 Å². The van der Waals surface area contributed by atoms with Crippen molar-refractivity contribution in [1.82, 2.24) is 0 Å². The van der Waals surface area contributed by atoms with E-state index in [1.165, 1.54) is 0 Å². The second-order valence-electron chi connectivity index (χ2n) is 4.23. The number of hydrogen-bond donors (Lipinski definition) is 1. The van der Waals surface area contributed by atoms with Gasteiger partial charge >= 0.3 is 0 Å².